The predicted octanol–water partition coefficient (Wildman–Crippen LogP) is 1.39. The Balaban J connectivity index is 1.72. The van der Waals surface area contributed by atoms with E-state index < -0.39 is 11.5 Å². The fraction of sp³-hybridized carbons (Fsp3) is 0.938. The van der Waals surface area contributed by atoms with Crippen molar-refractivity contribution < 1.29 is 9.90 Å². The highest BCUT2D eigenvalue weighted by Gasteiger charge is 2.35. The average Bonchev–Trinajstić information content (AvgIpc) is 3.14. The molecule has 0 aliphatic carbocycles. The number of carboxylic acid groups (broad SMARTS) is 1. The van der Waals surface area contributed by atoms with Crippen LogP contribution in [0.25, 0.3) is 0 Å². The van der Waals surface area contributed by atoms with Gasteiger partial charge in [0.25, 0.3) is 0 Å². The quantitative estimate of drug-likeness (QED) is 0.709. The first-order valence-corrected chi connectivity index (χ1v) is 8.50. The highest BCUT2D eigenvalue weighted by Crippen LogP contribution is 2.22. The number of rotatable bonds is 8. The van der Waals surface area contributed by atoms with E-state index in [4.69, 9.17) is 0 Å². The molecule has 5 heteroatoms. The van der Waals surface area contributed by atoms with Gasteiger partial charge in [-0.2, -0.15) is 0 Å². The molecule has 0 amide bonds. The van der Waals surface area contributed by atoms with Crippen LogP contribution in [0.2, 0.25) is 0 Å². The zero-order valence-corrected chi connectivity index (χ0v) is 13.6. The van der Waals surface area contributed by atoms with Crippen LogP contribution in [0.5, 0.6) is 0 Å². The van der Waals surface area contributed by atoms with Crippen molar-refractivity contribution in [1.82, 2.24) is 15.1 Å². The maximum absolute atomic E-state index is 11.5. The lowest BCUT2D eigenvalue weighted by Gasteiger charge is -2.29. The van der Waals surface area contributed by atoms with Crippen molar-refractivity contribution in [3.8, 4) is 0 Å². The Morgan fingerprint density at radius 1 is 1.33 bits per heavy atom. The van der Waals surface area contributed by atoms with Crippen molar-refractivity contribution >= 4 is 5.97 Å². The second-order valence-corrected chi connectivity index (χ2v) is 6.58. The van der Waals surface area contributed by atoms with E-state index >= 15 is 0 Å². The van der Waals surface area contributed by atoms with Crippen molar-refractivity contribution in [2.75, 3.05) is 39.8 Å². The molecule has 122 valence electrons. The standard InChI is InChI=1S/C16H31N3O2/c1-3-16(17-2,15(20)21)8-6-9-18-12-7-14(13-18)19-10-4-5-11-19/h14,17H,3-13H2,1-2H3,(H,20,21). The van der Waals surface area contributed by atoms with Gasteiger partial charge in [0.1, 0.15) is 5.54 Å². The van der Waals surface area contributed by atoms with Crippen molar-refractivity contribution in [2.45, 2.75) is 57.0 Å². The molecule has 0 bridgehead atoms. The van der Waals surface area contributed by atoms with Crippen LogP contribution in [0.3, 0.4) is 0 Å². The fourth-order valence-electron chi connectivity index (χ4n) is 3.87. The number of nitrogens with one attached hydrogen (secondary N) is 1. The minimum atomic E-state index is -0.742. The van der Waals surface area contributed by atoms with Crippen molar-refractivity contribution in [3.05, 3.63) is 0 Å². The van der Waals surface area contributed by atoms with Gasteiger partial charge in [0, 0.05) is 12.6 Å². The first-order valence-electron chi connectivity index (χ1n) is 8.50. The molecule has 2 unspecified atom stereocenters. The highest BCUT2D eigenvalue weighted by molar-refractivity contribution is 5.78. The Labute approximate surface area is 128 Å². The molecule has 2 aliphatic rings. The molecule has 0 aromatic carbocycles. The molecule has 2 fully saturated rings. The van der Waals surface area contributed by atoms with Crippen LogP contribution in [-0.4, -0.2) is 72.2 Å². The van der Waals surface area contributed by atoms with Crippen LogP contribution in [-0.2, 0) is 4.79 Å². The van der Waals surface area contributed by atoms with E-state index in [1.165, 1.54) is 45.4 Å². The lowest BCUT2D eigenvalue weighted by molar-refractivity contribution is -0.145. The number of carbonyl (C=O) groups is 1. The molecule has 2 N–H and O–H groups in total. The third-order valence-electron chi connectivity index (χ3n) is 5.47. The highest BCUT2D eigenvalue weighted by atomic mass is 16.4. The van der Waals surface area contributed by atoms with Gasteiger partial charge >= 0.3 is 5.97 Å². The molecule has 5 nitrogen and oxygen atoms in total. The van der Waals surface area contributed by atoms with Gasteiger partial charge in [0.15, 0.2) is 0 Å². The molecule has 2 aliphatic heterocycles. The van der Waals surface area contributed by atoms with Gasteiger partial charge in [0.2, 0.25) is 0 Å². The molecule has 21 heavy (non-hydrogen) atoms. The number of carboxylic acids is 1. The Bertz CT molecular complexity index is 338. The largest absolute Gasteiger partial charge is 0.480 e. The van der Waals surface area contributed by atoms with E-state index in [0.717, 1.165) is 19.0 Å². The topological polar surface area (TPSA) is 55.8 Å². The third kappa shape index (κ3) is 3.96. The molecule has 2 saturated heterocycles. The van der Waals surface area contributed by atoms with E-state index in [0.29, 0.717) is 12.8 Å². The number of nitrogens with zero attached hydrogens (tertiary/aromatic N) is 2. The van der Waals surface area contributed by atoms with Gasteiger partial charge in [-0.05, 0) is 71.8 Å². The summed E-state index contributed by atoms with van der Waals surface area (Å²) in [5, 5.41) is 12.4. The lowest BCUT2D eigenvalue weighted by Crippen LogP contribution is -2.50. The Kier molecular flexibility index (Phi) is 6.02. The van der Waals surface area contributed by atoms with Crippen LogP contribution in [0, 0.1) is 0 Å². The first-order chi connectivity index (χ1) is 10.1. The van der Waals surface area contributed by atoms with Gasteiger partial charge in [-0.25, -0.2) is 0 Å². The van der Waals surface area contributed by atoms with E-state index in [9.17, 15) is 9.90 Å². The van der Waals surface area contributed by atoms with E-state index in [1.807, 2.05) is 6.92 Å². The molecule has 0 radical (unpaired) electrons. The second kappa shape index (κ2) is 7.56. The minimum Gasteiger partial charge on any atom is -0.480 e. The Morgan fingerprint density at radius 2 is 2.05 bits per heavy atom. The van der Waals surface area contributed by atoms with Gasteiger partial charge < -0.3 is 15.3 Å². The summed E-state index contributed by atoms with van der Waals surface area (Å²) in [6, 6.07) is 0.743. The molecule has 0 spiro atoms. The number of aliphatic carboxylic acids is 1. The van der Waals surface area contributed by atoms with Crippen LogP contribution in [0.1, 0.15) is 45.4 Å². The summed E-state index contributed by atoms with van der Waals surface area (Å²) in [7, 11) is 1.76. The molecule has 2 heterocycles. The van der Waals surface area contributed by atoms with Crippen molar-refractivity contribution in [3.63, 3.8) is 0 Å². The Morgan fingerprint density at radius 3 is 2.62 bits per heavy atom. The van der Waals surface area contributed by atoms with E-state index in [1.54, 1.807) is 7.05 Å². The fourth-order valence-corrected chi connectivity index (χ4v) is 3.87. The number of hydrogen-bond acceptors (Lipinski definition) is 4. The minimum absolute atomic E-state index is 0.634. The van der Waals surface area contributed by atoms with Crippen LogP contribution in [0.4, 0.5) is 0 Å². The smallest absolute Gasteiger partial charge is 0.323 e. The number of likely N-dealkylation sites (tertiary alicyclic amines) is 2. The van der Waals surface area contributed by atoms with Gasteiger partial charge in [0.05, 0.1) is 0 Å². The molecule has 0 saturated carbocycles. The summed E-state index contributed by atoms with van der Waals surface area (Å²) < 4.78 is 0. The molecule has 0 aromatic heterocycles. The number of likely N-dealkylation sites (N-methyl/N-ethyl adjacent to an activating group) is 1. The normalized spacial score (nSPS) is 27.0. The first kappa shape index (κ1) is 16.7. The zero-order valence-electron chi connectivity index (χ0n) is 13.6. The lowest BCUT2D eigenvalue weighted by atomic mass is 9.90. The second-order valence-electron chi connectivity index (χ2n) is 6.58. The summed E-state index contributed by atoms with van der Waals surface area (Å²) in [6.07, 6.45) is 6.29. The van der Waals surface area contributed by atoms with Crippen LogP contribution < -0.4 is 5.32 Å². The monoisotopic (exact) mass is 297 g/mol. The summed E-state index contributed by atoms with van der Waals surface area (Å²) in [4.78, 5) is 16.6. The van der Waals surface area contributed by atoms with E-state index in [2.05, 4.69) is 15.1 Å². The molecule has 0 aromatic rings. The average molecular weight is 297 g/mol. The summed E-state index contributed by atoms with van der Waals surface area (Å²) in [6.45, 7) is 7.87. The predicted molar refractivity (Wildman–Crippen MR) is 84.6 cm³/mol. The summed E-state index contributed by atoms with van der Waals surface area (Å²) in [5.41, 5.74) is -0.742. The van der Waals surface area contributed by atoms with Crippen LogP contribution >= 0.6 is 0 Å². The summed E-state index contributed by atoms with van der Waals surface area (Å²) in [5.74, 6) is -0.719. The maximum Gasteiger partial charge on any atom is 0.323 e. The molecular formula is C16H31N3O2. The molecular weight excluding hydrogens is 266 g/mol. The molecule has 2 rings (SSSR count). The number of hydrogen-bond donors (Lipinski definition) is 2. The summed E-state index contributed by atoms with van der Waals surface area (Å²) >= 11 is 0. The third-order valence-corrected chi connectivity index (χ3v) is 5.47. The van der Waals surface area contributed by atoms with Gasteiger partial charge in [-0.3, -0.25) is 9.69 Å². The van der Waals surface area contributed by atoms with Gasteiger partial charge in [-0.15, -0.1) is 0 Å². The maximum atomic E-state index is 11.5. The SMILES string of the molecule is CCC(CCCN1CCC(N2CCCC2)C1)(NC)C(=O)O. The van der Waals surface area contributed by atoms with Gasteiger partial charge in [-0.1, -0.05) is 6.92 Å². The zero-order chi connectivity index (χ0) is 15.3. The van der Waals surface area contributed by atoms with Crippen molar-refractivity contribution in [2.24, 2.45) is 0 Å². The van der Waals surface area contributed by atoms with E-state index in [-0.39, 0.29) is 0 Å². The van der Waals surface area contributed by atoms with Crippen molar-refractivity contribution in [1.29, 1.82) is 0 Å². The van der Waals surface area contributed by atoms with Crippen LogP contribution in [0.15, 0.2) is 0 Å². The molecule has 2 atom stereocenters. The Hall–Kier alpha value is -0.650.